The summed E-state index contributed by atoms with van der Waals surface area (Å²) in [5.74, 6) is -0.00874. The molecular formula is C14H15N3O4. The highest BCUT2D eigenvalue weighted by Crippen LogP contribution is 2.12. The molecule has 21 heavy (non-hydrogen) atoms. The predicted molar refractivity (Wildman–Crippen MR) is 75.2 cm³/mol. The second kappa shape index (κ2) is 6.56. The second-order valence-corrected chi connectivity index (χ2v) is 4.29. The Hall–Kier alpha value is -2.83. The van der Waals surface area contributed by atoms with E-state index in [1.165, 1.54) is 7.11 Å². The van der Waals surface area contributed by atoms with Crippen LogP contribution < -0.4 is 10.1 Å². The first-order valence-corrected chi connectivity index (χ1v) is 6.21. The Bertz CT molecular complexity index is 634. The van der Waals surface area contributed by atoms with E-state index in [9.17, 15) is 9.59 Å². The Morgan fingerprint density at radius 3 is 2.57 bits per heavy atom. The molecule has 0 radical (unpaired) electrons. The fourth-order valence-electron chi connectivity index (χ4n) is 1.60. The summed E-state index contributed by atoms with van der Waals surface area (Å²) in [6.45, 7) is 1.43. The van der Waals surface area contributed by atoms with Crippen LogP contribution in [0.15, 0.2) is 30.3 Å². The Morgan fingerprint density at radius 1 is 1.29 bits per heavy atom. The van der Waals surface area contributed by atoms with Crippen LogP contribution in [0.4, 0.5) is 5.82 Å². The zero-order valence-corrected chi connectivity index (χ0v) is 11.7. The van der Waals surface area contributed by atoms with Crippen LogP contribution in [-0.4, -0.2) is 35.8 Å². The molecule has 7 nitrogen and oxygen atoms in total. The van der Waals surface area contributed by atoms with Gasteiger partial charge in [0, 0.05) is 11.8 Å². The number of esters is 1. The molecular weight excluding hydrogens is 274 g/mol. The number of methoxy groups -OCH3 is 1. The number of aromatic nitrogens is 2. The van der Waals surface area contributed by atoms with Crippen molar-refractivity contribution in [3.63, 3.8) is 0 Å². The number of aromatic amines is 1. The van der Waals surface area contributed by atoms with Crippen molar-refractivity contribution in [3.05, 3.63) is 41.6 Å². The van der Waals surface area contributed by atoms with Gasteiger partial charge in [-0.25, -0.2) is 4.79 Å². The quantitative estimate of drug-likeness (QED) is 0.814. The number of aryl methyl sites for hydroxylation is 1. The molecule has 7 heteroatoms. The number of rotatable bonds is 5. The van der Waals surface area contributed by atoms with Crippen LogP contribution in [0.5, 0.6) is 5.75 Å². The largest absolute Gasteiger partial charge is 0.497 e. The van der Waals surface area contributed by atoms with Gasteiger partial charge >= 0.3 is 5.97 Å². The van der Waals surface area contributed by atoms with E-state index in [0.717, 1.165) is 5.69 Å². The van der Waals surface area contributed by atoms with Gasteiger partial charge in [-0.1, -0.05) is 0 Å². The third kappa shape index (κ3) is 4.07. The molecule has 0 saturated heterocycles. The molecule has 0 aliphatic carbocycles. The molecule has 0 aliphatic heterocycles. The zero-order chi connectivity index (χ0) is 15.2. The molecule has 0 saturated carbocycles. The molecule has 0 atom stereocenters. The molecule has 2 aromatic rings. The fourth-order valence-corrected chi connectivity index (χ4v) is 1.60. The zero-order valence-electron chi connectivity index (χ0n) is 11.7. The van der Waals surface area contributed by atoms with Crippen LogP contribution in [0.2, 0.25) is 0 Å². The lowest BCUT2D eigenvalue weighted by Crippen LogP contribution is -2.21. The van der Waals surface area contributed by atoms with Gasteiger partial charge in [0.25, 0.3) is 5.91 Å². The number of hydrogen-bond acceptors (Lipinski definition) is 5. The third-order valence-corrected chi connectivity index (χ3v) is 2.63. The number of nitrogens with one attached hydrogen (secondary N) is 2. The van der Waals surface area contributed by atoms with Crippen LogP contribution in [0.25, 0.3) is 0 Å². The summed E-state index contributed by atoms with van der Waals surface area (Å²) in [4.78, 5) is 23.3. The Labute approximate surface area is 121 Å². The minimum atomic E-state index is -0.578. The molecule has 0 bridgehead atoms. The van der Waals surface area contributed by atoms with Crippen molar-refractivity contribution in [3.8, 4) is 5.75 Å². The average Bonchev–Trinajstić information content (AvgIpc) is 2.90. The minimum absolute atomic E-state index is 0.346. The topological polar surface area (TPSA) is 93.3 Å². The van der Waals surface area contributed by atoms with Gasteiger partial charge in [0.05, 0.1) is 12.7 Å². The molecule has 0 spiro atoms. The molecule has 110 valence electrons. The average molecular weight is 289 g/mol. The number of hydrogen-bond donors (Lipinski definition) is 2. The summed E-state index contributed by atoms with van der Waals surface area (Å²) in [6.07, 6.45) is 0. The maximum Gasteiger partial charge on any atom is 0.338 e. The molecule has 0 fully saturated rings. The Balaban J connectivity index is 1.83. The first kappa shape index (κ1) is 14.6. The third-order valence-electron chi connectivity index (χ3n) is 2.63. The first-order valence-electron chi connectivity index (χ1n) is 6.21. The fraction of sp³-hybridized carbons (Fsp3) is 0.214. The highest BCUT2D eigenvalue weighted by Gasteiger charge is 2.11. The van der Waals surface area contributed by atoms with E-state index in [1.54, 1.807) is 30.3 Å². The standard InChI is InChI=1S/C14H15N3O4/c1-9-7-12(17-16-9)15-13(18)8-21-14(19)10-3-5-11(20-2)6-4-10/h3-7H,8H2,1-2H3,(H2,15,16,17,18). The van der Waals surface area contributed by atoms with E-state index < -0.39 is 11.9 Å². The number of nitrogens with zero attached hydrogens (tertiary/aromatic N) is 1. The van der Waals surface area contributed by atoms with Crippen molar-refractivity contribution in [1.29, 1.82) is 0 Å². The monoisotopic (exact) mass is 289 g/mol. The van der Waals surface area contributed by atoms with E-state index in [-0.39, 0.29) is 6.61 Å². The number of benzene rings is 1. The van der Waals surface area contributed by atoms with Gasteiger partial charge in [0.1, 0.15) is 5.75 Å². The summed E-state index contributed by atoms with van der Waals surface area (Å²) in [7, 11) is 1.54. The predicted octanol–water partition coefficient (Wildman–Crippen LogP) is 1.52. The van der Waals surface area contributed by atoms with Crippen molar-refractivity contribution >= 4 is 17.7 Å². The summed E-state index contributed by atoms with van der Waals surface area (Å²) < 4.78 is 9.90. The molecule has 1 aromatic heterocycles. The number of carbonyl (C=O) groups excluding carboxylic acids is 2. The lowest BCUT2D eigenvalue weighted by atomic mass is 10.2. The molecule has 1 amide bonds. The van der Waals surface area contributed by atoms with Crippen LogP contribution >= 0.6 is 0 Å². The van der Waals surface area contributed by atoms with E-state index in [1.807, 2.05) is 6.92 Å². The van der Waals surface area contributed by atoms with Crippen molar-refractivity contribution in [1.82, 2.24) is 10.2 Å². The number of amides is 1. The van der Waals surface area contributed by atoms with E-state index in [2.05, 4.69) is 15.5 Å². The van der Waals surface area contributed by atoms with Crippen molar-refractivity contribution < 1.29 is 19.1 Å². The van der Waals surface area contributed by atoms with Gasteiger partial charge in [0.2, 0.25) is 0 Å². The van der Waals surface area contributed by atoms with Crippen molar-refractivity contribution in [2.24, 2.45) is 0 Å². The van der Waals surface area contributed by atoms with Crippen LogP contribution in [-0.2, 0) is 9.53 Å². The number of anilines is 1. The summed E-state index contributed by atoms with van der Waals surface area (Å²) in [5, 5.41) is 9.05. The molecule has 2 rings (SSSR count). The van der Waals surface area contributed by atoms with Gasteiger partial charge in [0.15, 0.2) is 12.4 Å². The highest BCUT2D eigenvalue weighted by molar-refractivity contribution is 5.95. The highest BCUT2D eigenvalue weighted by atomic mass is 16.5. The van der Waals surface area contributed by atoms with E-state index >= 15 is 0 Å². The first-order chi connectivity index (χ1) is 10.1. The summed E-state index contributed by atoms with van der Waals surface area (Å²) in [6, 6.07) is 8.09. The van der Waals surface area contributed by atoms with Gasteiger partial charge in [-0.2, -0.15) is 5.10 Å². The minimum Gasteiger partial charge on any atom is -0.497 e. The maximum atomic E-state index is 11.7. The Morgan fingerprint density at radius 2 is 2.00 bits per heavy atom. The number of carbonyl (C=O) groups is 2. The van der Waals surface area contributed by atoms with Crippen LogP contribution in [0, 0.1) is 6.92 Å². The smallest absolute Gasteiger partial charge is 0.338 e. The van der Waals surface area contributed by atoms with Crippen LogP contribution in [0.3, 0.4) is 0 Å². The summed E-state index contributed by atoms with van der Waals surface area (Å²) >= 11 is 0. The van der Waals surface area contributed by atoms with Gasteiger partial charge in [-0.05, 0) is 31.2 Å². The summed E-state index contributed by atoms with van der Waals surface area (Å²) in [5.41, 5.74) is 1.17. The maximum absolute atomic E-state index is 11.7. The molecule has 1 aromatic carbocycles. The molecule has 0 unspecified atom stereocenters. The normalized spacial score (nSPS) is 10.0. The van der Waals surface area contributed by atoms with Gasteiger partial charge in [-0.15, -0.1) is 0 Å². The van der Waals surface area contributed by atoms with E-state index in [0.29, 0.717) is 17.1 Å². The van der Waals surface area contributed by atoms with Crippen LogP contribution in [0.1, 0.15) is 16.1 Å². The SMILES string of the molecule is COc1ccc(C(=O)OCC(=O)Nc2cc(C)[nH]n2)cc1. The van der Waals surface area contributed by atoms with E-state index in [4.69, 9.17) is 9.47 Å². The van der Waals surface area contributed by atoms with Crippen molar-refractivity contribution in [2.75, 3.05) is 19.0 Å². The molecule has 2 N–H and O–H groups in total. The van der Waals surface area contributed by atoms with Gasteiger partial charge in [-0.3, -0.25) is 9.89 Å². The number of ether oxygens (including phenoxy) is 2. The lowest BCUT2D eigenvalue weighted by Gasteiger charge is -2.05. The second-order valence-electron chi connectivity index (χ2n) is 4.29. The number of H-pyrrole nitrogens is 1. The molecule has 1 heterocycles. The molecule has 0 aliphatic rings. The van der Waals surface area contributed by atoms with Crippen molar-refractivity contribution in [2.45, 2.75) is 6.92 Å². The lowest BCUT2D eigenvalue weighted by molar-refractivity contribution is -0.119. The Kier molecular flexibility index (Phi) is 4.55. The van der Waals surface area contributed by atoms with Gasteiger partial charge < -0.3 is 14.8 Å².